The van der Waals surface area contributed by atoms with Crippen LogP contribution >= 0.6 is 0 Å². The van der Waals surface area contributed by atoms with Crippen molar-refractivity contribution in [3.63, 3.8) is 0 Å². The van der Waals surface area contributed by atoms with Crippen molar-refractivity contribution < 1.29 is 19.1 Å². The molecule has 1 fully saturated rings. The zero-order valence-corrected chi connectivity index (χ0v) is 14.8. The van der Waals surface area contributed by atoms with Crippen LogP contribution in [0.3, 0.4) is 0 Å². The van der Waals surface area contributed by atoms with Crippen molar-refractivity contribution >= 4 is 12.2 Å². The van der Waals surface area contributed by atoms with Gasteiger partial charge in [-0.15, -0.1) is 0 Å². The second-order valence-corrected chi connectivity index (χ2v) is 7.31. The minimum atomic E-state index is -0.536. The standard InChI is InChI=1S/C19H24N2O4/c1-19(2,3)25-18(23)21-12-10-15-16(21)9-11-20(15)17(22)24-13-14-7-5-4-6-8-14/h4-9,11,15-16H,10,12-13H2,1-3H3/t15-,16-/m1/s1. The third-order valence-electron chi connectivity index (χ3n) is 4.26. The van der Waals surface area contributed by atoms with Crippen LogP contribution in [0.1, 0.15) is 32.8 Å². The van der Waals surface area contributed by atoms with Crippen LogP contribution < -0.4 is 0 Å². The number of carbonyl (C=O) groups excluding carboxylic acids is 2. The van der Waals surface area contributed by atoms with Crippen molar-refractivity contribution in [3.05, 3.63) is 48.2 Å². The first-order valence-electron chi connectivity index (χ1n) is 8.52. The molecule has 0 unspecified atom stereocenters. The van der Waals surface area contributed by atoms with E-state index in [-0.39, 0.29) is 24.8 Å². The number of benzene rings is 1. The van der Waals surface area contributed by atoms with Gasteiger partial charge in [-0.05, 0) is 38.8 Å². The molecule has 0 aliphatic carbocycles. The number of hydrogen-bond donors (Lipinski definition) is 0. The molecule has 0 spiro atoms. The molecule has 2 amide bonds. The van der Waals surface area contributed by atoms with Crippen molar-refractivity contribution in [1.29, 1.82) is 0 Å². The minimum Gasteiger partial charge on any atom is -0.444 e. The Labute approximate surface area is 148 Å². The smallest absolute Gasteiger partial charge is 0.414 e. The van der Waals surface area contributed by atoms with Crippen LogP contribution in [0.15, 0.2) is 42.6 Å². The van der Waals surface area contributed by atoms with Gasteiger partial charge in [-0.25, -0.2) is 9.59 Å². The lowest BCUT2D eigenvalue weighted by Gasteiger charge is -2.28. The number of amides is 2. The molecular weight excluding hydrogens is 320 g/mol. The van der Waals surface area contributed by atoms with Crippen molar-refractivity contribution in [2.75, 3.05) is 6.54 Å². The van der Waals surface area contributed by atoms with Gasteiger partial charge in [-0.3, -0.25) is 9.80 Å². The topological polar surface area (TPSA) is 59.1 Å². The largest absolute Gasteiger partial charge is 0.444 e. The number of likely N-dealkylation sites (tertiary alicyclic amines) is 1. The average Bonchev–Trinajstić information content (AvgIpc) is 3.13. The maximum Gasteiger partial charge on any atom is 0.414 e. The van der Waals surface area contributed by atoms with Gasteiger partial charge in [0, 0.05) is 12.7 Å². The van der Waals surface area contributed by atoms with Gasteiger partial charge in [-0.2, -0.15) is 0 Å². The van der Waals surface area contributed by atoms with Crippen LogP contribution in [-0.2, 0) is 16.1 Å². The Kier molecular flexibility index (Phi) is 4.70. The van der Waals surface area contributed by atoms with Gasteiger partial charge >= 0.3 is 12.2 Å². The zero-order valence-electron chi connectivity index (χ0n) is 14.8. The average molecular weight is 344 g/mol. The van der Waals surface area contributed by atoms with E-state index in [0.29, 0.717) is 13.0 Å². The Bertz CT molecular complexity index is 666. The van der Waals surface area contributed by atoms with E-state index >= 15 is 0 Å². The van der Waals surface area contributed by atoms with Crippen LogP contribution in [0.2, 0.25) is 0 Å². The highest BCUT2D eigenvalue weighted by Crippen LogP contribution is 2.31. The summed E-state index contributed by atoms with van der Waals surface area (Å²) in [5.41, 5.74) is 0.406. The maximum atomic E-state index is 12.4. The molecular formula is C19H24N2O4. The highest BCUT2D eigenvalue weighted by Gasteiger charge is 2.45. The van der Waals surface area contributed by atoms with Crippen molar-refractivity contribution in [3.8, 4) is 0 Å². The predicted molar refractivity (Wildman–Crippen MR) is 92.7 cm³/mol. The Hall–Kier alpha value is -2.50. The number of hydrogen-bond acceptors (Lipinski definition) is 4. The molecule has 0 aromatic heterocycles. The van der Waals surface area contributed by atoms with Crippen LogP contribution in [0.25, 0.3) is 0 Å². The van der Waals surface area contributed by atoms with Crippen LogP contribution in [0.4, 0.5) is 9.59 Å². The van der Waals surface area contributed by atoms with E-state index in [0.717, 1.165) is 5.56 Å². The van der Waals surface area contributed by atoms with Gasteiger partial charge < -0.3 is 9.47 Å². The molecule has 3 rings (SSSR count). The molecule has 2 heterocycles. The quantitative estimate of drug-likeness (QED) is 0.823. The van der Waals surface area contributed by atoms with E-state index in [2.05, 4.69) is 0 Å². The third-order valence-corrected chi connectivity index (χ3v) is 4.26. The summed E-state index contributed by atoms with van der Waals surface area (Å²) in [5, 5.41) is 0. The molecule has 0 saturated carbocycles. The van der Waals surface area contributed by atoms with Crippen molar-refractivity contribution in [2.24, 2.45) is 0 Å². The van der Waals surface area contributed by atoms with E-state index < -0.39 is 11.7 Å². The molecule has 6 heteroatoms. The number of nitrogens with zero attached hydrogens (tertiary/aromatic N) is 2. The van der Waals surface area contributed by atoms with Crippen LogP contribution in [0, 0.1) is 0 Å². The van der Waals surface area contributed by atoms with Crippen LogP contribution in [0.5, 0.6) is 0 Å². The molecule has 0 bridgehead atoms. The molecule has 134 valence electrons. The minimum absolute atomic E-state index is 0.0872. The molecule has 1 aromatic carbocycles. The fourth-order valence-electron chi connectivity index (χ4n) is 3.15. The van der Waals surface area contributed by atoms with Gasteiger partial charge in [0.05, 0.1) is 12.1 Å². The molecule has 6 nitrogen and oxygen atoms in total. The van der Waals surface area contributed by atoms with Crippen molar-refractivity contribution in [2.45, 2.75) is 51.5 Å². The molecule has 2 atom stereocenters. The summed E-state index contributed by atoms with van der Waals surface area (Å²) in [6.07, 6.45) is 3.55. The Balaban J connectivity index is 1.57. The zero-order chi connectivity index (χ0) is 18.0. The Morgan fingerprint density at radius 3 is 2.56 bits per heavy atom. The summed E-state index contributed by atoms with van der Waals surface area (Å²) in [4.78, 5) is 28.0. The summed E-state index contributed by atoms with van der Waals surface area (Å²) >= 11 is 0. The highest BCUT2D eigenvalue weighted by molar-refractivity contribution is 5.73. The molecule has 0 N–H and O–H groups in total. The SMILES string of the molecule is CC(C)(C)OC(=O)N1CC[C@@H]2[C@H]1C=CN2C(=O)OCc1ccccc1. The monoisotopic (exact) mass is 344 g/mol. The van der Waals surface area contributed by atoms with E-state index in [4.69, 9.17) is 9.47 Å². The molecule has 2 aliphatic heterocycles. The normalized spacial score (nSPS) is 22.0. The first kappa shape index (κ1) is 17.3. The lowest BCUT2D eigenvalue weighted by atomic mass is 10.1. The summed E-state index contributed by atoms with van der Waals surface area (Å²) in [7, 11) is 0. The second-order valence-electron chi connectivity index (χ2n) is 7.31. The van der Waals surface area contributed by atoms with Gasteiger partial charge in [0.1, 0.15) is 12.2 Å². The van der Waals surface area contributed by atoms with Gasteiger partial charge in [0.2, 0.25) is 0 Å². The number of ether oxygens (including phenoxy) is 2. The third kappa shape index (κ3) is 3.95. The van der Waals surface area contributed by atoms with Gasteiger partial charge in [0.25, 0.3) is 0 Å². The molecule has 25 heavy (non-hydrogen) atoms. The molecule has 2 aliphatic rings. The lowest BCUT2D eigenvalue weighted by Crippen LogP contribution is -2.43. The fourth-order valence-corrected chi connectivity index (χ4v) is 3.15. The Morgan fingerprint density at radius 2 is 1.88 bits per heavy atom. The Morgan fingerprint density at radius 1 is 1.16 bits per heavy atom. The summed E-state index contributed by atoms with van der Waals surface area (Å²) in [6, 6.07) is 9.32. The molecule has 0 radical (unpaired) electrons. The second kappa shape index (κ2) is 6.78. The van der Waals surface area contributed by atoms with Crippen molar-refractivity contribution in [1.82, 2.24) is 9.80 Å². The highest BCUT2D eigenvalue weighted by atomic mass is 16.6. The van der Waals surface area contributed by atoms with E-state index in [9.17, 15) is 9.59 Å². The summed E-state index contributed by atoms with van der Waals surface area (Å²) in [5.74, 6) is 0. The number of fused-ring (bicyclic) bond motifs is 1. The lowest BCUT2D eigenvalue weighted by molar-refractivity contribution is 0.0241. The number of rotatable bonds is 2. The first-order chi connectivity index (χ1) is 11.8. The van der Waals surface area contributed by atoms with E-state index in [1.807, 2.05) is 57.2 Å². The summed E-state index contributed by atoms with van der Waals surface area (Å²) < 4.78 is 10.8. The number of carbonyl (C=O) groups is 2. The van der Waals surface area contributed by atoms with Gasteiger partial charge in [-0.1, -0.05) is 30.3 Å². The summed E-state index contributed by atoms with van der Waals surface area (Å²) in [6.45, 7) is 6.33. The molecule has 1 saturated heterocycles. The van der Waals surface area contributed by atoms with E-state index in [1.54, 1.807) is 16.0 Å². The van der Waals surface area contributed by atoms with Crippen LogP contribution in [-0.4, -0.2) is 46.2 Å². The predicted octanol–water partition coefficient (Wildman–Crippen LogP) is 3.53. The first-order valence-corrected chi connectivity index (χ1v) is 8.52. The van der Waals surface area contributed by atoms with E-state index in [1.165, 1.54) is 0 Å². The fraction of sp³-hybridized carbons (Fsp3) is 0.474. The maximum absolute atomic E-state index is 12.4. The molecule has 1 aromatic rings. The van der Waals surface area contributed by atoms with Gasteiger partial charge in [0.15, 0.2) is 0 Å².